The summed E-state index contributed by atoms with van der Waals surface area (Å²) in [6.07, 6.45) is -3.03. The van der Waals surface area contributed by atoms with E-state index in [1.54, 1.807) is 30.3 Å². The number of hydrogen-bond donors (Lipinski definition) is 5. The van der Waals surface area contributed by atoms with E-state index in [0.717, 1.165) is 10.6 Å². The van der Waals surface area contributed by atoms with Crippen molar-refractivity contribution in [2.75, 3.05) is 13.1 Å². The number of benzene rings is 2. The molecule has 42 heavy (non-hydrogen) atoms. The van der Waals surface area contributed by atoms with Gasteiger partial charge in [0.25, 0.3) is 0 Å². The fourth-order valence-electron chi connectivity index (χ4n) is 3.44. The number of aryl methyl sites for hydroxylation is 1. The molecule has 2 unspecified atom stereocenters. The number of nitrogens with one attached hydrogen (secondary N) is 3. The summed E-state index contributed by atoms with van der Waals surface area (Å²) in [5.74, 6) is -0.388. The largest absolute Gasteiger partial charge is 1.00 e. The third kappa shape index (κ3) is 13.0. The van der Waals surface area contributed by atoms with Crippen molar-refractivity contribution in [3.63, 3.8) is 0 Å². The Balaban J connectivity index is 0.00000145. The predicted octanol–water partition coefficient (Wildman–Crippen LogP) is 3.50. The van der Waals surface area contributed by atoms with E-state index in [2.05, 4.69) is 17.5 Å². The molecule has 2 aromatic carbocycles. The molecule has 226 valence electrons. The van der Waals surface area contributed by atoms with Crippen LogP contribution in [0.15, 0.2) is 54.1 Å². The van der Waals surface area contributed by atoms with Crippen molar-refractivity contribution in [2.45, 2.75) is 71.3 Å². The number of carbonyl (C=O) groups excluding carboxylic acids is 1. The van der Waals surface area contributed by atoms with Crippen LogP contribution in [0.4, 0.5) is 18.0 Å². The topological polar surface area (TPSA) is 121 Å². The molecule has 1 aliphatic rings. The molecule has 0 saturated carbocycles. The SMILES string of the molecule is CC.Cc1ccc(C(=N)N(CCC(F)(F)F)C(=O)NCC(=N)C2=[C-]CC(C)(O)C(C)(O)C2)cc1.Clc1c[c-]ccc1.[Na+]. The minimum atomic E-state index is -4.51. The Labute approximate surface area is 273 Å². The molecule has 0 aromatic heterocycles. The average Bonchev–Trinajstić information content (AvgIpc) is 2.90. The Hall–Kier alpha value is -2.21. The van der Waals surface area contributed by atoms with Crippen LogP contribution < -0.4 is 34.9 Å². The molecule has 12 heteroatoms. The molecule has 1 aliphatic carbocycles. The van der Waals surface area contributed by atoms with Gasteiger partial charge in [-0.15, -0.1) is 0 Å². The van der Waals surface area contributed by atoms with E-state index < -0.39 is 36.4 Å². The predicted molar refractivity (Wildman–Crippen MR) is 155 cm³/mol. The van der Waals surface area contributed by atoms with Gasteiger partial charge in [-0.25, -0.2) is 4.79 Å². The van der Waals surface area contributed by atoms with Crippen molar-refractivity contribution in [2.24, 2.45) is 0 Å². The molecular weight excluding hydrogens is 580 g/mol. The van der Waals surface area contributed by atoms with Crippen LogP contribution in [0.3, 0.4) is 0 Å². The quantitative estimate of drug-likeness (QED) is 0.148. The maximum Gasteiger partial charge on any atom is 1.00 e. The van der Waals surface area contributed by atoms with Crippen molar-refractivity contribution in [3.8, 4) is 0 Å². The second-order valence-corrected chi connectivity index (χ2v) is 10.1. The number of halogens is 4. The number of amides is 2. The van der Waals surface area contributed by atoms with Crippen LogP contribution in [0.25, 0.3) is 0 Å². The first kappa shape index (κ1) is 39.8. The number of urea groups is 1. The van der Waals surface area contributed by atoms with Gasteiger partial charge in [0.2, 0.25) is 0 Å². The van der Waals surface area contributed by atoms with E-state index in [1.165, 1.54) is 13.8 Å². The monoisotopic (exact) mass is 617 g/mol. The minimum Gasteiger partial charge on any atom is -0.397 e. The van der Waals surface area contributed by atoms with E-state index in [4.69, 9.17) is 22.4 Å². The summed E-state index contributed by atoms with van der Waals surface area (Å²) in [4.78, 5) is 13.3. The number of alkyl halides is 3. The zero-order valence-corrected chi connectivity index (χ0v) is 27.7. The standard InChI is InChI=1S/C22H28F3N4O3.C6H4Cl.C2H6.Na/c1-14-4-6-15(7-5-14)18(27)29(11-10-22(23,24)25)19(30)28-13-17(26)16-8-9-20(2,31)21(3,32)12-16;7-6-4-2-1-3-5-6;1-2;/h4-7,26-27,31-32H,9-13H2,1-3H3,(H,28,30);1-2,4-5H;1-2H3;/q2*-1;;+1. The van der Waals surface area contributed by atoms with E-state index in [-0.39, 0.29) is 66.1 Å². The number of rotatable bonds is 6. The molecule has 0 radical (unpaired) electrons. The summed E-state index contributed by atoms with van der Waals surface area (Å²) in [5.41, 5.74) is -1.53. The van der Waals surface area contributed by atoms with Crippen molar-refractivity contribution in [3.05, 3.63) is 82.4 Å². The van der Waals surface area contributed by atoms with Gasteiger partial charge in [-0.1, -0.05) is 60.8 Å². The molecule has 0 saturated heterocycles. The van der Waals surface area contributed by atoms with Crippen molar-refractivity contribution >= 4 is 29.2 Å². The Morgan fingerprint density at radius 1 is 1.12 bits per heavy atom. The van der Waals surface area contributed by atoms with Crippen LogP contribution in [0.2, 0.25) is 5.02 Å². The van der Waals surface area contributed by atoms with Gasteiger partial charge in [-0.2, -0.15) is 60.7 Å². The van der Waals surface area contributed by atoms with Gasteiger partial charge in [0.1, 0.15) is 5.84 Å². The van der Waals surface area contributed by atoms with E-state index >= 15 is 0 Å². The fourth-order valence-corrected chi connectivity index (χ4v) is 3.57. The van der Waals surface area contributed by atoms with Crippen LogP contribution in [0, 0.1) is 29.9 Å². The van der Waals surface area contributed by atoms with Gasteiger partial charge in [-0.3, -0.25) is 16.4 Å². The smallest absolute Gasteiger partial charge is 0.397 e. The maximum atomic E-state index is 12.8. The van der Waals surface area contributed by atoms with Gasteiger partial charge in [0.15, 0.2) is 0 Å². The van der Waals surface area contributed by atoms with Gasteiger partial charge >= 0.3 is 41.8 Å². The van der Waals surface area contributed by atoms with E-state index in [1.807, 2.05) is 39.0 Å². The fraction of sp³-hybridized carbons (Fsp3) is 0.433. The van der Waals surface area contributed by atoms with Crippen LogP contribution in [-0.2, 0) is 0 Å². The summed E-state index contributed by atoms with van der Waals surface area (Å²) in [6, 6.07) is 15.5. The first-order chi connectivity index (χ1) is 19.0. The van der Waals surface area contributed by atoms with E-state index in [0.29, 0.717) is 10.5 Å². The number of carbonyl (C=O) groups is 1. The molecule has 7 nitrogen and oxygen atoms in total. The van der Waals surface area contributed by atoms with Crippen LogP contribution in [-0.4, -0.2) is 63.2 Å². The molecule has 5 N–H and O–H groups in total. The number of aliphatic hydroxyl groups is 2. The summed E-state index contributed by atoms with van der Waals surface area (Å²) >= 11 is 5.51. The number of amidine groups is 1. The molecular formula is C30H38ClF3N4NaO3-. The van der Waals surface area contributed by atoms with Crippen molar-refractivity contribution < 1.29 is 57.7 Å². The molecule has 0 spiro atoms. The molecule has 0 heterocycles. The number of nitrogens with zero attached hydrogens (tertiary/aromatic N) is 1. The van der Waals surface area contributed by atoms with Crippen LogP contribution in [0.1, 0.15) is 58.1 Å². The van der Waals surface area contributed by atoms with Crippen molar-refractivity contribution in [1.82, 2.24) is 10.2 Å². The Morgan fingerprint density at radius 3 is 2.17 bits per heavy atom. The zero-order valence-electron chi connectivity index (χ0n) is 24.9. The summed E-state index contributed by atoms with van der Waals surface area (Å²) < 4.78 is 38.3. The maximum absolute atomic E-state index is 12.8. The molecule has 0 fully saturated rings. The third-order valence-electron chi connectivity index (χ3n) is 6.24. The van der Waals surface area contributed by atoms with Gasteiger partial charge in [-0.05, 0) is 33.7 Å². The molecule has 2 atom stereocenters. The molecule has 0 aliphatic heterocycles. The van der Waals surface area contributed by atoms with Crippen molar-refractivity contribution in [1.29, 1.82) is 10.8 Å². The van der Waals surface area contributed by atoms with Gasteiger partial charge in [0.05, 0.1) is 17.6 Å². The minimum absolute atomic E-state index is 0. The molecule has 2 amide bonds. The Bertz CT molecular complexity index is 1190. The van der Waals surface area contributed by atoms with E-state index in [9.17, 15) is 28.2 Å². The summed E-state index contributed by atoms with van der Waals surface area (Å²) in [5, 5.41) is 40.1. The first-order valence-electron chi connectivity index (χ1n) is 13.0. The first-order valence-corrected chi connectivity index (χ1v) is 13.4. The molecule has 0 bridgehead atoms. The summed E-state index contributed by atoms with van der Waals surface area (Å²) in [7, 11) is 0. The average molecular weight is 618 g/mol. The molecule has 2 aromatic rings. The zero-order chi connectivity index (χ0) is 31.4. The van der Waals surface area contributed by atoms with Gasteiger partial charge < -0.3 is 20.9 Å². The third-order valence-corrected chi connectivity index (χ3v) is 6.47. The Kier molecular flexibility index (Phi) is 16.9. The Morgan fingerprint density at radius 2 is 1.71 bits per heavy atom. The number of hydrogen-bond acceptors (Lipinski definition) is 5. The summed E-state index contributed by atoms with van der Waals surface area (Å²) in [6.45, 7) is 7.63. The molecule has 3 rings (SSSR count). The van der Waals surface area contributed by atoms with Gasteiger partial charge in [0, 0.05) is 12.1 Å². The second-order valence-electron chi connectivity index (χ2n) is 9.65. The normalized spacial score (nSPS) is 19.4. The second kappa shape index (κ2) is 17.8. The van der Waals surface area contributed by atoms with Crippen LogP contribution >= 0.6 is 11.6 Å². The van der Waals surface area contributed by atoms with Crippen LogP contribution in [0.5, 0.6) is 0 Å².